The summed E-state index contributed by atoms with van der Waals surface area (Å²) in [4.78, 5) is 5.77. The van der Waals surface area contributed by atoms with Crippen molar-refractivity contribution in [3.8, 4) is 16.8 Å². The predicted molar refractivity (Wildman–Crippen MR) is 87.6 cm³/mol. The average Bonchev–Trinajstić information content (AvgIpc) is 3.02. The van der Waals surface area contributed by atoms with Crippen molar-refractivity contribution in [1.82, 2.24) is 9.55 Å². The second kappa shape index (κ2) is 5.51. The number of rotatable bonds is 3. The van der Waals surface area contributed by atoms with Crippen molar-refractivity contribution in [2.45, 2.75) is 20.4 Å². The van der Waals surface area contributed by atoms with Crippen LogP contribution < -0.4 is 0 Å². The summed E-state index contributed by atoms with van der Waals surface area (Å²) in [5, 5.41) is 9.04. The minimum Gasteiger partial charge on any atom is -0.323 e. The molecule has 5 heteroatoms. The zero-order valence-electron chi connectivity index (χ0n) is 11.8. The predicted octanol–water partition coefficient (Wildman–Crippen LogP) is 4.95. The highest BCUT2D eigenvalue weighted by molar-refractivity contribution is 7.19. The minimum absolute atomic E-state index is 0.507. The van der Waals surface area contributed by atoms with Gasteiger partial charge >= 0.3 is 0 Å². The van der Waals surface area contributed by atoms with Crippen molar-refractivity contribution >= 4 is 34.0 Å². The molecule has 106 valence electrons. The second-order valence-corrected chi connectivity index (χ2v) is 7.07. The van der Waals surface area contributed by atoms with Gasteiger partial charge in [-0.1, -0.05) is 25.4 Å². The number of imidazole rings is 1. The SMILES string of the molecule is CC(C)Cn1c(-c2ccc(Cl)s2)nc2cc(C#N)ccc21. The third kappa shape index (κ3) is 2.67. The largest absolute Gasteiger partial charge is 0.323 e. The lowest BCUT2D eigenvalue weighted by atomic mass is 10.2. The monoisotopic (exact) mass is 315 g/mol. The number of nitrogens with zero attached hydrogens (tertiary/aromatic N) is 3. The van der Waals surface area contributed by atoms with E-state index in [9.17, 15) is 0 Å². The van der Waals surface area contributed by atoms with Crippen LogP contribution in [0.3, 0.4) is 0 Å². The number of halogens is 1. The molecule has 0 aliphatic carbocycles. The molecule has 2 aromatic heterocycles. The first-order valence-electron chi connectivity index (χ1n) is 6.74. The molecule has 0 radical (unpaired) electrons. The highest BCUT2D eigenvalue weighted by atomic mass is 35.5. The molecule has 3 rings (SSSR count). The lowest BCUT2D eigenvalue weighted by molar-refractivity contribution is 0.537. The Bertz CT molecular complexity index is 839. The van der Waals surface area contributed by atoms with Gasteiger partial charge in [0, 0.05) is 6.54 Å². The number of fused-ring (bicyclic) bond motifs is 1. The van der Waals surface area contributed by atoms with E-state index < -0.39 is 0 Å². The first kappa shape index (κ1) is 14.1. The highest BCUT2D eigenvalue weighted by Crippen LogP contribution is 2.33. The summed E-state index contributed by atoms with van der Waals surface area (Å²) >= 11 is 7.58. The van der Waals surface area contributed by atoms with Crippen molar-refractivity contribution in [3.63, 3.8) is 0 Å². The van der Waals surface area contributed by atoms with Crippen LogP contribution >= 0.6 is 22.9 Å². The van der Waals surface area contributed by atoms with Gasteiger partial charge in [-0.25, -0.2) is 4.98 Å². The Kier molecular flexibility index (Phi) is 3.71. The first-order valence-corrected chi connectivity index (χ1v) is 7.94. The lowest BCUT2D eigenvalue weighted by Crippen LogP contribution is -2.05. The van der Waals surface area contributed by atoms with Crippen LogP contribution in [-0.4, -0.2) is 9.55 Å². The van der Waals surface area contributed by atoms with Gasteiger partial charge in [-0.15, -0.1) is 11.3 Å². The summed E-state index contributed by atoms with van der Waals surface area (Å²) in [5.41, 5.74) is 2.55. The van der Waals surface area contributed by atoms with Gasteiger partial charge in [0.15, 0.2) is 5.82 Å². The maximum Gasteiger partial charge on any atom is 0.151 e. The van der Waals surface area contributed by atoms with E-state index in [2.05, 4.69) is 24.5 Å². The molecule has 0 aliphatic heterocycles. The molecule has 0 unspecified atom stereocenters. The van der Waals surface area contributed by atoms with E-state index in [0.29, 0.717) is 11.5 Å². The van der Waals surface area contributed by atoms with Crippen LogP contribution in [0.2, 0.25) is 4.34 Å². The van der Waals surface area contributed by atoms with Crippen molar-refractivity contribution in [2.24, 2.45) is 5.92 Å². The molecule has 0 amide bonds. The van der Waals surface area contributed by atoms with Crippen LogP contribution in [0.4, 0.5) is 0 Å². The maximum atomic E-state index is 9.04. The Morgan fingerprint density at radius 3 is 2.76 bits per heavy atom. The van der Waals surface area contributed by atoms with Gasteiger partial charge in [0.05, 0.1) is 31.9 Å². The third-order valence-corrected chi connectivity index (χ3v) is 4.45. The fourth-order valence-corrected chi connectivity index (χ4v) is 3.41. The van der Waals surface area contributed by atoms with E-state index >= 15 is 0 Å². The van der Waals surface area contributed by atoms with Crippen molar-refractivity contribution < 1.29 is 0 Å². The standard InChI is InChI=1S/C16H14ClN3S/c1-10(2)9-20-13-4-3-11(8-18)7-12(13)19-16(20)14-5-6-15(17)21-14/h3-7,10H,9H2,1-2H3. The van der Waals surface area contributed by atoms with E-state index in [1.54, 1.807) is 0 Å². The van der Waals surface area contributed by atoms with Crippen LogP contribution in [0.1, 0.15) is 19.4 Å². The van der Waals surface area contributed by atoms with Gasteiger partial charge in [-0.05, 0) is 36.2 Å². The third-order valence-electron chi connectivity index (χ3n) is 3.22. The van der Waals surface area contributed by atoms with Gasteiger partial charge in [-0.2, -0.15) is 5.26 Å². The van der Waals surface area contributed by atoms with Crippen molar-refractivity contribution in [1.29, 1.82) is 5.26 Å². The van der Waals surface area contributed by atoms with E-state index in [4.69, 9.17) is 21.8 Å². The van der Waals surface area contributed by atoms with E-state index in [1.165, 1.54) is 11.3 Å². The second-order valence-electron chi connectivity index (χ2n) is 5.36. The average molecular weight is 316 g/mol. The molecular formula is C16H14ClN3S. The summed E-state index contributed by atoms with van der Waals surface area (Å²) < 4.78 is 2.97. The Hall–Kier alpha value is -1.83. The smallest absolute Gasteiger partial charge is 0.151 e. The summed E-state index contributed by atoms with van der Waals surface area (Å²) in [7, 11) is 0. The van der Waals surface area contributed by atoms with Crippen LogP contribution in [0.5, 0.6) is 0 Å². The number of aromatic nitrogens is 2. The quantitative estimate of drug-likeness (QED) is 0.686. The minimum atomic E-state index is 0.507. The molecule has 3 nitrogen and oxygen atoms in total. The molecular weight excluding hydrogens is 302 g/mol. The lowest BCUT2D eigenvalue weighted by Gasteiger charge is -2.10. The van der Waals surface area contributed by atoms with Gasteiger partial charge in [0.2, 0.25) is 0 Å². The number of hydrogen-bond acceptors (Lipinski definition) is 3. The molecule has 0 bridgehead atoms. The number of nitriles is 1. The molecule has 0 atom stereocenters. The topological polar surface area (TPSA) is 41.6 Å². The number of hydrogen-bond donors (Lipinski definition) is 0. The molecule has 2 heterocycles. The van der Waals surface area contributed by atoms with Crippen molar-refractivity contribution in [2.75, 3.05) is 0 Å². The first-order chi connectivity index (χ1) is 10.1. The zero-order valence-corrected chi connectivity index (χ0v) is 13.4. The Labute approximate surface area is 132 Å². The van der Waals surface area contributed by atoms with Crippen molar-refractivity contribution in [3.05, 3.63) is 40.2 Å². The Morgan fingerprint density at radius 1 is 1.33 bits per heavy atom. The van der Waals surface area contributed by atoms with Crippen LogP contribution in [0.15, 0.2) is 30.3 Å². The maximum absolute atomic E-state index is 9.04. The van der Waals surface area contributed by atoms with Gasteiger partial charge in [0.25, 0.3) is 0 Å². The Morgan fingerprint density at radius 2 is 2.14 bits per heavy atom. The number of thiophene rings is 1. The highest BCUT2D eigenvalue weighted by Gasteiger charge is 2.15. The van der Waals surface area contributed by atoms with Crippen LogP contribution in [0, 0.1) is 17.2 Å². The summed E-state index contributed by atoms with van der Waals surface area (Å²) in [6.45, 7) is 5.24. The number of benzene rings is 1. The molecule has 0 fully saturated rings. The zero-order chi connectivity index (χ0) is 15.0. The molecule has 0 saturated heterocycles. The van der Waals surface area contributed by atoms with Gasteiger partial charge in [0.1, 0.15) is 0 Å². The summed E-state index contributed by atoms with van der Waals surface area (Å²) in [6, 6.07) is 11.7. The Balaban J connectivity index is 2.24. The van der Waals surface area contributed by atoms with E-state index in [1.807, 2.05) is 30.3 Å². The van der Waals surface area contributed by atoms with Gasteiger partial charge < -0.3 is 4.57 Å². The summed E-state index contributed by atoms with van der Waals surface area (Å²) in [6.07, 6.45) is 0. The molecule has 3 aromatic rings. The fourth-order valence-electron chi connectivity index (χ4n) is 2.37. The van der Waals surface area contributed by atoms with Crippen LogP contribution in [-0.2, 0) is 6.54 Å². The molecule has 0 aliphatic rings. The van der Waals surface area contributed by atoms with Gasteiger partial charge in [-0.3, -0.25) is 0 Å². The molecule has 0 N–H and O–H groups in total. The van der Waals surface area contributed by atoms with E-state index in [-0.39, 0.29) is 0 Å². The summed E-state index contributed by atoms with van der Waals surface area (Å²) in [5.74, 6) is 1.43. The normalized spacial score (nSPS) is 11.2. The molecule has 21 heavy (non-hydrogen) atoms. The van der Waals surface area contributed by atoms with Crippen LogP contribution in [0.25, 0.3) is 21.7 Å². The fraction of sp³-hybridized carbons (Fsp3) is 0.250. The molecule has 0 spiro atoms. The molecule has 1 aromatic carbocycles. The molecule has 0 saturated carbocycles. The van der Waals surface area contributed by atoms with E-state index in [0.717, 1.165) is 32.6 Å².